The Bertz CT molecular complexity index is 781. The van der Waals surface area contributed by atoms with Crippen LogP contribution in [0.25, 0.3) is 0 Å². The lowest BCUT2D eigenvalue weighted by Gasteiger charge is -2.04. The van der Waals surface area contributed by atoms with Crippen molar-refractivity contribution in [1.82, 2.24) is 0 Å². The minimum atomic E-state index is -1.41. The maximum absolute atomic E-state index is 12.2. The van der Waals surface area contributed by atoms with E-state index in [2.05, 4.69) is 4.99 Å². The van der Waals surface area contributed by atoms with Crippen molar-refractivity contribution in [3.05, 3.63) is 75.3 Å². The summed E-state index contributed by atoms with van der Waals surface area (Å²) in [5.74, 6) is -0.497. The van der Waals surface area contributed by atoms with Gasteiger partial charge in [-0.25, -0.2) is 4.99 Å². The van der Waals surface area contributed by atoms with Gasteiger partial charge in [0, 0.05) is 16.1 Å². The van der Waals surface area contributed by atoms with E-state index in [9.17, 15) is 14.9 Å². The molecule has 0 saturated heterocycles. The van der Waals surface area contributed by atoms with E-state index >= 15 is 0 Å². The maximum atomic E-state index is 12.2. The van der Waals surface area contributed by atoms with Gasteiger partial charge in [0.15, 0.2) is 0 Å². The number of hydrogen-bond acceptors (Lipinski definition) is 4. The number of benzene rings is 2. The molecule has 2 aromatic rings. The molecule has 0 radical (unpaired) electrons. The number of ketones is 1. The van der Waals surface area contributed by atoms with E-state index in [1.165, 1.54) is 0 Å². The molecule has 0 aromatic heterocycles. The molecule has 0 fully saturated rings. The zero-order valence-corrected chi connectivity index (χ0v) is 11.3. The van der Waals surface area contributed by atoms with Crippen molar-refractivity contribution in [2.75, 3.05) is 0 Å². The third kappa shape index (κ3) is 2.12. The largest absolute Gasteiger partial charge is 0.316 e. The predicted molar refractivity (Wildman–Crippen MR) is 78.9 cm³/mol. The first kappa shape index (κ1) is 13.2. The molecule has 0 bridgehead atoms. The summed E-state index contributed by atoms with van der Waals surface area (Å²) < 4.78 is 0. The summed E-state index contributed by atoms with van der Waals surface area (Å²) in [4.78, 5) is 27.3. The van der Waals surface area contributed by atoms with Crippen LogP contribution in [0.15, 0.2) is 53.5 Å². The Morgan fingerprint density at radius 3 is 2.33 bits per heavy atom. The number of nitrogens with zero attached hydrogens (tertiary/aromatic N) is 2. The number of rotatable bonds is 2. The molecular weight excluding hydrogens is 268 g/mol. The molecule has 5 heteroatoms. The van der Waals surface area contributed by atoms with Crippen LogP contribution in [0.1, 0.15) is 21.5 Å². The average molecular weight is 280 g/mol. The van der Waals surface area contributed by atoms with Crippen LogP contribution in [0.3, 0.4) is 0 Å². The lowest BCUT2D eigenvalue weighted by molar-refractivity contribution is -0.485. The fourth-order valence-electron chi connectivity index (χ4n) is 2.48. The first-order valence-electron chi connectivity index (χ1n) is 6.51. The average Bonchev–Trinajstić information content (AvgIpc) is 2.75. The number of para-hydroxylation sites is 1. The molecular formula is C16H12N2O3. The van der Waals surface area contributed by atoms with Gasteiger partial charge < -0.3 is 0 Å². The van der Waals surface area contributed by atoms with Crippen molar-refractivity contribution < 1.29 is 9.72 Å². The standard InChI is InChI=1S/C16H12N2O3/c1-10-6-2-5-9-13(10)17-14-11-7-3-4-8-12(11)16(19)15(14)18(20)21/h2-9,15H,1H3/t15-/m0/s1. The summed E-state index contributed by atoms with van der Waals surface area (Å²) in [6.45, 7) is 1.88. The molecule has 2 aromatic carbocycles. The second kappa shape index (κ2) is 4.94. The zero-order valence-electron chi connectivity index (χ0n) is 11.3. The number of fused-ring (bicyclic) bond motifs is 1. The number of aryl methyl sites for hydroxylation is 1. The number of nitro groups is 1. The lowest BCUT2D eigenvalue weighted by Crippen LogP contribution is -2.31. The summed E-state index contributed by atoms with van der Waals surface area (Å²) >= 11 is 0. The van der Waals surface area contributed by atoms with Crippen molar-refractivity contribution in [3.63, 3.8) is 0 Å². The molecule has 5 nitrogen and oxygen atoms in total. The van der Waals surface area contributed by atoms with Crippen molar-refractivity contribution in [2.24, 2.45) is 4.99 Å². The highest BCUT2D eigenvalue weighted by atomic mass is 16.6. The monoisotopic (exact) mass is 280 g/mol. The van der Waals surface area contributed by atoms with Crippen molar-refractivity contribution >= 4 is 17.2 Å². The number of hydrogen-bond donors (Lipinski definition) is 0. The quantitative estimate of drug-likeness (QED) is 0.627. The van der Waals surface area contributed by atoms with Gasteiger partial charge in [0.2, 0.25) is 5.78 Å². The number of Topliss-reactive ketones (excluding diaryl/α,β-unsaturated/α-hetero) is 1. The highest BCUT2D eigenvalue weighted by molar-refractivity contribution is 6.30. The summed E-state index contributed by atoms with van der Waals surface area (Å²) in [6, 6.07) is 12.7. The van der Waals surface area contributed by atoms with Crippen molar-refractivity contribution in [3.8, 4) is 0 Å². The van der Waals surface area contributed by atoms with Gasteiger partial charge in [-0.15, -0.1) is 0 Å². The number of carbonyl (C=O) groups is 1. The van der Waals surface area contributed by atoms with E-state index in [-0.39, 0.29) is 5.71 Å². The Kier molecular flexibility index (Phi) is 3.10. The summed E-state index contributed by atoms with van der Waals surface area (Å²) in [5.41, 5.74) is 2.68. The van der Waals surface area contributed by atoms with Gasteiger partial charge in [-0.05, 0) is 18.6 Å². The van der Waals surface area contributed by atoms with Crippen LogP contribution in [-0.4, -0.2) is 22.5 Å². The summed E-state index contributed by atoms with van der Waals surface area (Å²) in [6.07, 6.45) is 0. The highest BCUT2D eigenvalue weighted by Gasteiger charge is 2.45. The van der Waals surface area contributed by atoms with Crippen LogP contribution < -0.4 is 0 Å². The van der Waals surface area contributed by atoms with Crippen molar-refractivity contribution in [1.29, 1.82) is 0 Å². The fraction of sp³-hybridized carbons (Fsp3) is 0.125. The van der Waals surface area contributed by atoms with E-state index in [4.69, 9.17) is 0 Å². The normalized spacial score (nSPS) is 18.8. The molecule has 0 amide bonds. The van der Waals surface area contributed by atoms with Crippen LogP contribution in [0, 0.1) is 17.0 Å². The molecule has 0 unspecified atom stereocenters. The molecule has 0 N–H and O–H groups in total. The Balaban J connectivity index is 2.21. The molecule has 0 aliphatic heterocycles. The lowest BCUT2D eigenvalue weighted by atomic mass is 10.1. The van der Waals surface area contributed by atoms with E-state index in [0.29, 0.717) is 16.8 Å². The van der Waals surface area contributed by atoms with Gasteiger partial charge in [0.1, 0.15) is 5.71 Å². The van der Waals surface area contributed by atoms with Gasteiger partial charge in [-0.3, -0.25) is 14.9 Å². The minimum Gasteiger partial charge on any atom is -0.286 e. The Morgan fingerprint density at radius 1 is 1.05 bits per heavy atom. The van der Waals surface area contributed by atoms with E-state index in [1.54, 1.807) is 30.3 Å². The van der Waals surface area contributed by atoms with Crippen LogP contribution in [0.5, 0.6) is 0 Å². The maximum Gasteiger partial charge on any atom is 0.316 e. The summed E-state index contributed by atoms with van der Waals surface area (Å²) in [7, 11) is 0. The zero-order chi connectivity index (χ0) is 15.0. The molecule has 21 heavy (non-hydrogen) atoms. The van der Waals surface area contributed by atoms with E-state index < -0.39 is 16.7 Å². The van der Waals surface area contributed by atoms with Gasteiger partial charge in [0.25, 0.3) is 0 Å². The van der Waals surface area contributed by atoms with Gasteiger partial charge in [-0.1, -0.05) is 42.5 Å². The van der Waals surface area contributed by atoms with Crippen LogP contribution in [0.4, 0.5) is 5.69 Å². The summed E-state index contributed by atoms with van der Waals surface area (Å²) in [5, 5.41) is 11.3. The first-order chi connectivity index (χ1) is 10.1. The molecule has 0 spiro atoms. The third-order valence-electron chi connectivity index (χ3n) is 3.54. The fourth-order valence-corrected chi connectivity index (χ4v) is 2.48. The molecule has 3 rings (SSSR count). The molecule has 1 atom stereocenters. The van der Waals surface area contributed by atoms with Crippen molar-refractivity contribution in [2.45, 2.75) is 13.0 Å². The van der Waals surface area contributed by atoms with Crippen LogP contribution >= 0.6 is 0 Å². The second-order valence-electron chi connectivity index (χ2n) is 4.88. The number of carbonyl (C=O) groups excluding carboxylic acids is 1. The van der Waals surface area contributed by atoms with E-state index in [1.807, 2.05) is 25.1 Å². The Hall–Kier alpha value is -2.82. The molecule has 1 aliphatic carbocycles. The van der Waals surface area contributed by atoms with Gasteiger partial charge >= 0.3 is 6.04 Å². The molecule has 0 saturated carbocycles. The molecule has 1 aliphatic rings. The number of aliphatic imine (C=N–C) groups is 1. The van der Waals surface area contributed by atoms with Gasteiger partial charge in [-0.2, -0.15) is 0 Å². The first-order valence-corrected chi connectivity index (χ1v) is 6.51. The van der Waals surface area contributed by atoms with E-state index in [0.717, 1.165) is 5.56 Å². The van der Waals surface area contributed by atoms with Crippen LogP contribution in [-0.2, 0) is 0 Å². The van der Waals surface area contributed by atoms with Crippen LogP contribution in [0.2, 0.25) is 0 Å². The second-order valence-corrected chi connectivity index (χ2v) is 4.88. The highest BCUT2D eigenvalue weighted by Crippen LogP contribution is 2.28. The Morgan fingerprint density at radius 2 is 1.67 bits per heavy atom. The smallest absolute Gasteiger partial charge is 0.286 e. The molecule has 104 valence electrons. The SMILES string of the molecule is Cc1ccccc1N=C1c2ccccc2C(=O)[C@H]1[N+](=O)[O-]. The topological polar surface area (TPSA) is 72.6 Å². The van der Waals surface area contributed by atoms with Gasteiger partial charge in [0.05, 0.1) is 5.69 Å². The third-order valence-corrected chi connectivity index (χ3v) is 3.54. The predicted octanol–water partition coefficient (Wildman–Crippen LogP) is 2.96. The molecule has 0 heterocycles. The minimum absolute atomic E-state index is 0.218. The Labute approximate surface area is 121 Å².